The highest BCUT2D eigenvalue weighted by Gasteiger charge is 2.32. The minimum atomic E-state index is 0.155. The fourth-order valence-corrected chi connectivity index (χ4v) is 5.41. The molecule has 1 N–H and O–H groups in total. The van der Waals surface area contributed by atoms with Crippen LogP contribution in [0.3, 0.4) is 0 Å². The van der Waals surface area contributed by atoms with Gasteiger partial charge in [-0.05, 0) is 69.2 Å². The molecule has 1 aromatic carbocycles. The SMILES string of the molecule is O=C(CCCCCN1Cc2ccccc2C1=O)NCC1CCCN2CCCCC12. The van der Waals surface area contributed by atoms with E-state index in [1.54, 1.807) is 0 Å². The van der Waals surface area contributed by atoms with E-state index in [0.717, 1.165) is 50.0 Å². The highest BCUT2D eigenvalue weighted by Crippen LogP contribution is 2.30. The van der Waals surface area contributed by atoms with E-state index < -0.39 is 0 Å². The number of benzene rings is 1. The average molecular weight is 398 g/mol. The molecule has 0 aliphatic carbocycles. The van der Waals surface area contributed by atoms with Crippen molar-refractivity contribution in [1.29, 1.82) is 0 Å². The van der Waals surface area contributed by atoms with E-state index in [1.807, 2.05) is 29.2 Å². The lowest BCUT2D eigenvalue weighted by Gasteiger charge is -2.44. The van der Waals surface area contributed by atoms with Crippen molar-refractivity contribution in [1.82, 2.24) is 15.1 Å². The van der Waals surface area contributed by atoms with Gasteiger partial charge in [0, 0.05) is 37.7 Å². The van der Waals surface area contributed by atoms with Gasteiger partial charge < -0.3 is 15.1 Å². The number of rotatable bonds is 8. The van der Waals surface area contributed by atoms with Crippen LogP contribution in [0.5, 0.6) is 0 Å². The molecule has 4 rings (SSSR count). The molecule has 2 unspecified atom stereocenters. The molecule has 2 atom stereocenters. The summed E-state index contributed by atoms with van der Waals surface area (Å²) < 4.78 is 0. The van der Waals surface area contributed by atoms with Crippen LogP contribution in [0.15, 0.2) is 24.3 Å². The van der Waals surface area contributed by atoms with Crippen molar-refractivity contribution in [3.8, 4) is 0 Å². The first-order chi connectivity index (χ1) is 14.2. The lowest BCUT2D eigenvalue weighted by Crippen LogP contribution is -2.50. The van der Waals surface area contributed by atoms with E-state index in [0.29, 0.717) is 18.4 Å². The summed E-state index contributed by atoms with van der Waals surface area (Å²) in [7, 11) is 0. The molecule has 2 fully saturated rings. The minimum Gasteiger partial charge on any atom is -0.356 e. The molecule has 158 valence electrons. The maximum absolute atomic E-state index is 12.4. The summed E-state index contributed by atoms with van der Waals surface area (Å²) in [4.78, 5) is 29.2. The van der Waals surface area contributed by atoms with Crippen LogP contribution in [0.1, 0.15) is 73.7 Å². The van der Waals surface area contributed by atoms with Crippen molar-refractivity contribution in [2.24, 2.45) is 5.92 Å². The van der Waals surface area contributed by atoms with Gasteiger partial charge in [-0.2, -0.15) is 0 Å². The predicted molar refractivity (Wildman–Crippen MR) is 115 cm³/mol. The normalized spacial score (nSPS) is 24.3. The van der Waals surface area contributed by atoms with E-state index in [1.165, 1.54) is 45.2 Å². The summed E-state index contributed by atoms with van der Waals surface area (Å²) >= 11 is 0. The molecule has 5 nitrogen and oxygen atoms in total. The molecule has 3 aliphatic rings. The number of nitrogens with zero attached hydrogens (tertiary/aromatic N) is 2. The zero-order chi connectivity index (χ0) is 20.1. The summed E-state index contributed by atoms with van der Waals surface area (Å²) in [6.07, 6.45) is 9.99. The molecular weight excluding hydrogens is 362 g/mol. The van der Waals surface area contributed by atoms with Gasteiger partial charge >= 0.3 is 0 Å². The zero-order valence-corrected chi connectivity index (χ0v) is 17.6. The van der Waals surface area contributed by atoms with E-state index >= 15 is 0 Å². The second-order valence-electron chi connectivity index (χ2n) is 9.00. The maximum atomic E-state index is 12.4. The second kappa shape index (κ2) is 9.75. The summed E-state index contributed by atoms with van der Waals surface area (Å²) in [6, 6.07) is 8.57. The van der Waals surface area contributed by atoms with E-state index in [4.69, 9.17) is 0 Å². The maximum Gasteiger partial charge on any atom is 0.254 e. The third-order valence-corrected chi connectivity index (χ3v) is 7.02. The van der Waals surface area contributed by atoms with Crippen LogP contribution < -0.4 is 5.32 Å². The number of unbranched alkanes of at least 4 members (excludes halogenated alkanes) is 2. The molecule has 0 aromatic heterocycles. The van der Waals surface area contributed by atoms with Crippen molar-refractivity contribution in [3.05, 3.63) is 35.4 Å². The third-order valence-electron chi connectivity index (χ3n) is 7.02. The zero-order valence-electron chi connectivity index (χ0n) is 17.6. The summed E-state index contributed by atoms with van der Waals surface area (Å²) in [5.41, 5.74) is 1.99. The number of amides is 2. The van der Waals surface area contributed by atoms with Gasteiger partial charge in [-0.15, -0.1) is 0 Å². The van der Waals surface area contributed by atoms with Gasteiger partial charge in [-0.3, -0.25) is 9.59 Å². The number of hydrogen-bond acceptors (Lipinski definition) is 3. The fourth-order valence-electron chi connectivity index (χ4n) is 5.41. The van der Waals surface area contributed by atoms with E-state index in [2.05, 4.69) is 10.2 Å². The number of fused-ring (bicyclic) bond motifs is 2. The fraction of sp³-hybridized carbons (Fsp3) is 0.667. The lowest BCUT2D eigenvalue weighted by molar-refractivity contribution is -0.121. The molecule has 2 amide bonds. The Morgan fingerprint density at radius 2 is 1.90 bits per heavy atom. The highest BCUT2D eigenvalue weighted by molar-refractivity contribution is 5.98. The standard InChI is InChI=1S/C24H35N3O2/c28-23(25-17-19-10-8-16-26-14-7-5-12-22(19)26)13-2-1-6-15-27-18-20-9-3-4-11-21(20)24(27)29/h3-4,9,11,19,22H,1-2,5-8,10,12-18H2,(H,25,28). The first kappa shape index (κ1) is 20.4. The summed E-state index contributed by atoms with van der Waals surface area (Å²) in [6.45, 7) is 4.86. The van der Waals surface area contributed by atoms with Crippen molar-refractivity contribution in [2.45, 2.75) is 70.4 Å². The Labute approximate surface area is 174 Å². The van der Waals surface area contributed by atoms with Gasteiger partial charge in [-0.25, -0.2) is 0 Å². The summed E-state index contributed by atoms with van der Waals surface area (Å²) in [5, 5.41) is 3.21. The average Bonchev–Trinajstić information content (AvgIpc) is 3.08. The van der Waals surface area contributed by atoms with Crippen LogP contribution in [0.25, 0.3) is 0 Å². The Kier molecular flexibility index (Phi) is 6.86. The van der Waals surface area contributed by atoms with Crippen LogP contribution in [0.4, 0.5) is 0 Å². The number of carbonyl (C=O) groups excluding carboxylic acids is 2. The topological polar surface area (TPSA) is 52.7 Å². The molecular formula is C24H35N3O2. The Morgan fingerprint density at radius 1 is 1.03 bits per heavy atom. The van der Waals surface area contributed by atoms with Crippen molar-refractivity contribution >= 4 is 11.8 Å². The van der Waals surface area contributed by atoms with Crippen LogP contribution in [-0.4, -0.2) is 53.8 Å². The minimum absolute atomic E-state index is 0.155. The largest absolute Gasteiger partial charge is 0.356 e. The Hall–Kier alpha value is -1.88. The van der Waals surface area contributed by atoms with Crippen LogP contribution in [0.2, 0.25) is 0 Å². The first-order valence-electron chi connectivity index (χ1n) is 11.6. The molecule has 1 aromatic rings. The molecule has 0 bridgehead atoms. The van der Waals surface area contributed by atoms with E-state index in [9.17, 15) is 9.59 Å². The number of nitrogens with one attached hydrogen (secondary N) is 1. The predicted octanol–water partition coefficient (Wildman–Crippen LogP) is 3.58. The number of carbonyl (C=O) groups is 2. The monoisotopic (exact) mass is 397 g/mol. The highest BCUT2D eigenvalue weighted by atomic mass is 16.2. The van der Waals surface area contributed by atoms with Gasteiger partial charge in [-0.1, -0.05) is 31.0 Å². The van der Waals surface area contributed by atoms with Crippen LogP contribution >= 0.6 is 0 Å². The molecule has 2 saturated heterocycles. The molecule has 0 spiro atoms. The van der Waals surface area contributed by atoms with Gasteiger partial charge in [0.05, 0.1) is 0 Å². The van der Waals surface area contributed by atoms with Crippen molar-refractivity contribution < 1.29 is 9.59 Å². The third kappa shape index (κ3) is 5.00. The molecule has 3 aliphatic heterocycles. The lowest BCUT2D eigenvalue weighted by atomic mass is 9.83. The van der Waals surface area contributed by atoms with Crippen molar-refractivity contribution in [2.75, 3.05) is 26.2 Å². The number of piperidine rings is 2. The van der Waals surface area contributed by atoms with Crippen LogP contribution in [-0.2, 0) is 11.3 Å². The quantitative estimate of drug-likeness (QED) is 0.682. The van der Waals surface area contributed by atoms with Crippen LogP contribution in [0, 0.1) is 5.92 Å². The Balaban J connectivity index is 1.10. The van der Waals surface area contributed by atoms with Gasteiger partial charge in [0.15, 0.2) is 0 Å². The Morgan fingerprint density at radius 3 is 2.79 bits per heavy atom. The van der Waals surface area contributed by atoms with Gasteiger partial charge in [0.25, 0.3) is 5.91 Å². The second-order valence-corrected chi connectivity index (χ2v) is 9.00. The molecule has 5 heteroatoms. The molecule has 0 saturated carbocycles. The van der Waals surface area contributed by atoms with Gasteiger partial charge in [0.1, 0.15) is 0 Å². The van der Waals surface area contributed by atoms with Crippen molar-refractivity contribution in [3.63, 3.8) is 0 Å². The van der Waals surface area contributed by atoms with Gasteiger partial charge in [0.2, 0.25) is 5.91 Å². The molecule has 29 heavy (non-hydrogen) atoms. The number of hydrogen-bond donors (Lipinski definition) is 1. The molecule has 0 radical (unpaired) electrons. The first-order valence-corrected chi connectivity index (χ1v) is 11.6. The Bertz CT molecular complexity index is 718. The van der Waals surface area contributed by atoms with E-state index in [-0.39, 0.29) is 11.8 Å². The molecule has 3 heterocycles. The summed E-state index contributed by atoms with van der Waals surface area (Å²) in [5.74, 6) is 0.987. The smallest absolute Gasteiger partial charge is 0.254 e.